The molecule has 0 aliphatic heterocycles. The number of nitrogens with one attached hydrogen (secondary N) is 2. The highest BCUT2D eigenvalue weighted by Crippen LogP contribution is 2.35. The van der Waals surface area contributed by atoms with Crippen LogP contribution in [-0.4, -0.2) is 38.6 Å². The molecular formula is C32H31N3O7S. The van der Waals surface area contributed by atoms with Crippen molar-refractivity contribution in [3.05, 3.63) is 89.8 Å². The zero-order chi connectivity index (χ0) is 30.9. The Morgan fingerprint density at radius 1 is 0.930 bits per heavy atom. The van der Waals surface area contributed by atoms with Gasteiger partial charge in [-0.1, -0.05) is 55.4 Å². The van der Waals surface area contributed by atoms with Crippen LogP contribution in [0.5, 0.6) is 0 Å². The summed E-state index contributed by atoms with van der Waals surface area (Å²) >= 11 is 0. The number of esters is 1. The normalized spacial score (nSPS) is 12.4. The quantitative estimate of drug-likeness (QED) is 0.193. The second kappa shape index (κ2) is 11.9. The summed E-state index contributed by atoms with van der Waals surface area (Å²) in [6, 6.07) is 19.8. The van der Waals surface area contributed by atoms with Crippen molar-refractivity contribution in [2.75, 3.05) is 12.4 Å². The number of amides is 1. The van der Waals surface area contributed by atoms with Crippen molar-refractivity contribution >= 4 is 38.6 Å². The van der Waals surface area contributed by atoms with E-state index >= 15 is 0 Å². The predicted molar refractivity (Wildman–Crippen MR) is 162 cm³/mol. The first-order chi connectivity index (χ1) is 20.5. The molecule has 0 radical (unpaired) electrons. The molecule has 2 aromatic heterocycles. The number of carbonyl (C=O) groups excluding carboxylic acids is 2. The third-order valence-electron chi connectivity index (χ3n) is 7.10. The van der Waals surface area contributed by atoms with E-state index in [0.717, 1.165) is 27.8 Å². The number of hydrogen-bond donors (Lipinski definition) is 2. The van der Waals surface area contributed by atoms with Gasteiger partial charge in [-0.05, 0) is 61.2 Å². The maximum absolute atomic E-state index is 13.2. The van der Waals surface area contributed by atoms with E-state index in [1.165, 1.54) is 19.2 Å². The van der Waals surface area contributed by atoms with Crippen LogP contribution >= 0.6 is 0 Å². The van der Waals surface area contributed by atoms with Crippen molar-refractivity contribution < 1.29 is 31.7 Å². The zero-order valence-corrected chi connectivity index (χ0v) is 25.1. The third kappa shape index (κ3) is 6.08. The van der Waals surface area contributed by atoms with Gasteiger partial charge in [0, 0.05) is 28.3 Å². The molecule has 0 saturated heterocycles. The molecule has 0 bridgehead atoms. The van der Waals surface area contributed by atoms with Gasteiger partial charge in [-0.3, -0.25) is 9.59 Å². The van der Waals surface area contributed by atoms with Gasteiger partial charge in [0.2, 0.25) is 10.0 Å². The highest BCUT2D eigenvalue weighted by molar-refractivity contribution is 7.89. The fourth-order valence-corrected chi connectivity index (χ4v) is 6.13. The van der Waals surface area contributed by atoms with Crippen LogP contribution in [0.1, 0.15) is 35.7 Å². The lowest BCUT2D eigenvalue weighted by Gasteiger charge is -2.19. The van der Waals surface area contributed by atoms with Crippen LogP contribution < -0.4 is 10.0 Å². The molecule has 1 amide bonds. The van der Waals surface area contributed by atoms with Gasteiger partial charge in [-0.2, -0.15) is 4.72 Å². The largest absolute Gasteiger partial charge is 0.468 e. The molecule has 0 aliphatic carbocycles. The summed E-state index contributed by atoms with van der Waals surface area (Å²) in [6.07, 6.45) is 0. The smallest absolute Gasteiger partial charge is 0.324 e. The summed E-state index contributed by atoms with van der Waals surface area (Å²) in [5.74, 6) is -0.547. The SMILES string of the molecule is COC(=O)[C@@H](NS(=O)(=O)c1ccc(-c2ccc(NC(=O)c3oc4cccc(-c5cc(C)no5)c4c3C)cc2)cc1)C(C)C. The van der Waals surface area contributed by atoms with Crippen molar-refractivity contribution in [2.24, 2.45) is 5.92 Å². The minimum atomic E-state index is -3.95. The predicted octanol–water partition coefficient (Wildman–Crippen LogP) is 6.10. The molecule has 0 unspecified atom stereocenters. The lowest BCUT2D eigenvalue weighted by Crippen LogP contribution is -2.44. The number of aryl methyl sites for hydroxylation is 2. The molecule has 2 heterocycles. The van der Waals surface area contributed by atoms with E-state index in [1.54, 1.807) is 44.2 Å². The van der Waals surface area contributed by atoms with Crippen LogP contribution in [0.4, 0.5) is 5.69 Å². The first-order valence-corrected chi connectivity index (χ1v) is 15.0. The molecule has 10 nitrogen and oxygen atoms in total. The van der Waals surface area contributed by atoms with Crippen molar-refractivity contribution in [2.45, 2.75) is 38.6 Å². The van der Waals surface area contributed by atoms with Gasteiger partial charge in [-0.25, -0.2) is 8.42 Å². The van der Waals surface area contributed by atoms with Gasteiger partial charge >= 0.3 is 5.97 Å². The van der Waals surface area contributed by atoms with E-state index in [1.807, 2.05) is 44.2 Å². The Morgan fingerprint density at radius 2 is 1.58 bits per heavy atom. The number of furan rings is 1. The Kier molecular flexibility index (Phi) is 8.21. The highest BCUT2D eigenvalue weighted by Gasteiger charge is 2.29. The van der Waals surface area contributed by atoms with Gasteiger partial charge in [0.1, 0.15) is 11.6 Å². The number of rotatable bonds is 9. The Morgan fingerprint density at radius 3 is 2.16 bits per heavy atom. The molecule has 0 saturated carbocycles. The zero-order valence-electron chi connectivity index (χ0n) is 24.3. The van der Waals surface area contributed by atoms with Crippen molar-refractivity contribution in [1.29, 1.82) is 0 Å². The van der Waals surface area contributed by atoms with Crippen LogP contribution in [-0.2, 0) is 19.6 Å². The van der Waals surface area contributed by atoms with Crippen LogP contribution in [0.3, 0.4) is 0 Å². The average Bonchev–Trinajstić information content (AvgIpc) is 3.58. The summed E-state index contributed by atoms with van der Waals surface area (Å²) < 4.78 is 44.3. The Hall–Kier alpha value is -4.74. The minimum absolute atomic E-state index is 0.0255. The van der Waals surface area contributed by atoms with Gasteiger partial charge in [0.15, 0.2) is 11.5 Å². The molecule has 222 valence electrons. The van der Waals surface area contributed by atoms with Crippen LogP contribution in [0.25, 0.3) is 33.4 Å². The Balaban J connectivity index is 1.31. The number of hydrogen-bond acceptors (Lipinski definition) is 8. The lowest BCUT2D eigenvalue weighted by atomic mass is 10.0. The Labute approximate surface area is 249 Å². The number of carbonyl (C=O) groups is 2. The Bertz CT molecular complexity index is 1900. The molecular weight excluding hydrogens is 570 g/mol. The van der Waals surface area contributed by atoms with Crippen LogP contribution in [0.2, 0.25) is 0 Å². The fourth-order valence-electron chi connectivity index (χ4n) is 4.79. The molecule has 0 spiro atoms. The van der Waals surface area contributed by atoms with E-state index < -0.39 is 27.9 Å². The monoisotopic (exact) mass is 601 g/mol. The first-order valence-electron chi connectivity index (χ1n) is 13.6. The fraction of sp³-hybridized carbons (Fsp3) is 0.219. The number of fused-ring (bicyclic) bond motifs is 1. The topological polar surface area (TPSA) is 141 Å². The number of ether oxygens (including phenoxy) is 1. The maximum atomic E-state index is 13.2. The second-order valence-corrected chi connectivity index (χ2v) is 12.2. The molecule has 0 fully saturated rings. The summed E-state index contributed by atoms with van der Waals surface area (Å²) in [4.78, 5) is 25.2. The average molecular weight is 602 g/mol. The summed E-state index contributed by atoms with van der Waals surface area (Å²) in [7, 11) is -2.73. The summed E-state index contributed by atoms with van der Waals surface area (Å²) in [6.45, 7) is 7.13. The molecule has 1 atom stereocenters. The third-order valence-corrected chi connectivity index (χ3v) is 8.56. The van der Waals surface area contributed by atoms with E-state index in [-0.39, 0.29) is 16.6 Å². The van der Waals surface area contributed by atoms with E-state index in [9.17, 15) is 18.0 Å². The number of sulfonamides is 1. The molecule has 0 aliphatic rings. The lowest BCUT2D eigenvalue weighted by molar-refractivity contribution is -0.143. The number of benzene rings is 3. The van der Waals surface area contributed by atoms with E-state index in [2.05, 4.69) is 15.2 Å². The number of nitrogens with zero attached hydrogens (tertiary/aromatic N) is 1. The van der Waals surface area contributed by atoms with E-state index in [0.29, 0.717) is 22.6 Å². The van der Waals surface area contributed by atoms with Crippen molar-refractivity contribution in [3.8, 4) is 22.5 Å². The van der Waals surface area contributed by atoms with E-state index in [4.69, 9.17) is 13.7 Å². The number of anilines is 1. The standard InChI is InChI=1S/C32H31N3O7S/c1-18(2)29(32(37)40-5)35-43(38,39)24-15-11-22(12-16-24)21-9-13-23(14-10-21)33-31(36)30-20(4)28-25(7-6-8-26(28)41-30)27-17-19(3)34-42-27/h6-18,29,35H,1-5H3,(H,33,36)/t29-/m0/s1. The maximum Gasteiger partial charge on any atom is 0.324 e. The second-order valence-electron chi connectivity index (χ2n) is 10.5. The van der Waals surface area contributed by atoms with Crippen molar-refractivity contribution in [3.63, 3.8) is 0 Å². The minimum Gasteiger partial charge on any atom is -0.468 e. The van der Waals surface area contributed by atoms with Gasteiger partial charge in [-0.15, -0.1) is 0 Å². The van der Waals surface area contributed by atoms with Crippen LogP contribution in [0.15, 0.2) is 86.6 Å². The van der Waals surface area contributed by atoms with Gasteiger partial charge in [0.05, 0.1) is 17.7 Å². The molecule has 43 heavy (non-hydrogen) atoms. The molecule has 2 N–H and O–H groups in total. The molecule has 11 heteroatoms. The summed E-state index contributed by atoms with van der Waals surface area (Å²) in [5.41, 5.74) is 4.94. The summed E-state index contributed by atoms with van der Waals surface area (Å²) in [5, 5.41) is 7.63. The highest BCUT2D eigenvalue weighted by atomic mass is 32.2. The number of aromatic nitrogens is 1. The van der Waals surface area contributed by atoms with Gasteiger partial charge in [0.25, 0.3) is 5.91 Å². The number of methoxy groups -OCH3 is 1. The first kappa shape index (κ1) is 29.7. The van der Waals surface area contributed by atoms with Gasteiger partial charge < -0.3 is 19.0 Å². The van der Waals surface area contributed by atoms with Crippen molar-refractivity contribution in [1.82, 2.24) is 9.88 Å². The van der Waals surface area contributed by atoms with Crippen LogP contribution in [0, 0.1) is 19.8 Å². The molecule has 5 aromatic rings. The molecule has 3 aromatic carbocycles. The molecule has 5 rings (SSSR count).